The van der Waals surface area contributed by atoms with Crippen molar-refractivity contribution in [2.45, 2.75) is 26.7 Å². The summed E-state index contributed by atoms with van der Waals surface area (Å²) in [5, 5.41) is 1.18. The molecule has 82 valence electrons. The molecule has 1 aromatic heterocycles. The lowest BCUT2D eigenvalue weighted by atomic mass is 9.89. The first-order valence-electron chi connectivity index (χ1n) is 5.43. The van der Waals surface area contributed by atoms with Gasteiger partial charge in [0.25, 0.3) is 0 Å². The molecule has 1 heterocycles. The normalized spacial score (nSPS) is 11.6. The second-order valence-corrected chi connectivity index (χ2v) is 5.72. The van der Waals surface area contributed by atoms with Gasteiger partial charge in [0.1, 0.15) is 0 Å². The SMILES string of the molecule is C#CC(C)(C)CCc1nc2ccccc2s1. The van der Waals surface area contributed by atoms with Gasteiger partial charge in [-0.05, 0) is 32.4 Å². The van der Waals surface area contributed by atoms with Crippen LogP contribution < -0.4 is 0 Å². The minimum atomic E-state index is -0.0299. The fourth-order valence-corrected chi connectivity index (χ4v) is 2.49. The smallest absolute Gasteiger partial charge is 0.0939 e. The Hall–Kier alpha value is -1.33. The van der Waals surface area contributed by atoms with Gasteiger partial charge in [0, 0.05) is 11.8 Å². The van der Waals surface area contributed by atoms with Crippen LogP contribution in [0.25, 0.3) is 10.2 Å². The van der Waals surface area contributed by atoms with Crippen molar-refractivity contribution in [1.82, 2.24) is 4.98 Å². The lowest BCUT2D eigenvalue weighted by Gasteiger charge is -2.15. The summed E-state index contributed by atoms with van der Waals surface area (Å²) in [6, 6.07) is 8.25. The number of hydrogen-bond acceptors (Lipinski definition) is 2. The predicted molar refractivity (Wildman–Crippen MR) is 70.6 cm³/mol. The summed E-state index contributed by atoms with van der Waals surface area (Å²) >= 11 is 1.77. The Bertz CT molecular complexity index is 498. The lowest BCUT2D eigenvalue weighted by molar-refractivity contribution is 0.459. The van der Waals surface area contributed by atoms with Crippen LogP contribution in [0.4, 0.5) is 0 Å². The van der Waals surface area contributed by atoms with E-state index in [1.807, 2.05) is 6.07 Å². The molecule has 0 atom stereocenters. The molecule has 0 aliphatic heterocycles. The number of hydrogen-bond donors (Lipinski definition) is 0. The molecule has 0 N–H and O–H groups in total. The third-order valence-electron chi connectivity index (χ3n) is 2.69. The summed E-state index contributed by atoms with van der Waals surface area (Å²) in [5.74, 6) is 2.82. The first-order valence-corrected chi connectivity index (χ1v) is 6.25. The number of benzene rings is 1. The van der Waals surface area contributed by atoms with Crippen molar-refractivity contribution in [3.05, 3.63) is 29.3 Å². The summed E-state index contributed by atoms with van der Waals surface area (Å²) in [4.78, 5) is 4.60. The summed E-state index contributed by atoms with van der Waals surface area (Å²) in [6.07, 6.45) is 7.44. The molecule has 1 aromatic carbocycles. The van der Waals surface area contributed by atoms with E-state index in [0.717, 1.165) is 18.4 Å². The molecular formula is C14H15NS. The largest absolute Gasteiger partial charge is 0.241 e. The number of rotatable bonds is 3. The second-order valence-electron chi connectivity index (χ2n) is 4.60. The predicted octanol–water partition coefficient (Wildman–Crippen LogP) is 3.89. The van der Waals surface area contributed by atoms with Crippen LogP contribution in [0.2, 0.25) is 0 Å². The molecule has 0 radical (unpaired) electrons. The fourth-order valence-electron chi connectivity index (χ4n) is 1.52. The van der Waals surface area contributed by atoms with Crippen LogP contribution in [0, 0.1) is 17.8 Å². The molecule has 0 fully saturated rings. The van der Waals surface area contributed by atoms with Gasteiger partial charge in [-0.1, -0.05) is 12.1 Å². The van der Waals surface area contributed by atoms with Crippen LogP contribution in [0.1, 0.15) is 25.3 Å². The van der Waals surface area contributed by atoms with Crippen molar-refractivity contribution in [2.75, 3.05) is 0 Å². The molecular weight excluding hydrogens is 214 g/mol. The molecule has 2 aromatic rings. The molecule has 0 unspecified atom stereocenters. The number of aryl methyl sites for hydroxylation is 1. The number of nitrogens with zero attached hydrogens (tertiary/aromatic N) is 1. The van der Waals surface area contributed by atoms with E-state index in [1.165, 1.54) is 9.71 Å². The van der Waals surface area contributed by atoms with Gasteiger partial charge in [0.15, 0.2) is 0 Å². The monoisotopic (exact) mass is 229 g/mol. The van der Waals surface area contributed by atoms with E-state index < -0.39 is 0 Å². The molecule has 0 amide bonds. The maximum Gasteiger partial charge on any atom is 0.0939 e. The Kier molecular flexibility index (Phi) is 2.98. The van der Waals surface area contributed by atoms with Gasteiger partial charge in [0.05, 0.1) is 15.2 Å². The van der Waals surface area contributed by atoms with Gasteiger partial charge in [-0.25, -0.2) is 4.98 Å². The number of fused-ring (bicyclic) bond motifs is 1. The number of terminal acetylenes is 1. The van der Waals surface area contributed by atoms with Gasteiger partial charge in [-0.2, -0.15) is 0 Å². The Morgan fingerprint density at radius 3 is 2.81 bits per heavy atom. The first kappa shape index (κ1) is 11.2. The Balaban J connectivity index is 2.14. The summed E-state index contributed by atoms with van der Waals surface area (Å²) in [7, 11) is 0. The molecule has 0 bridgehead atoms. The van der Waals surface area contributed by atoms with E-state index in [1.54, 1.807) is 11.3 Å². The van der Waals surface area contributed by atoms with Gasteiger partial charge < -0.3 is 0 Å². The summed E-state index contributed by atoms with van der Waals surface area (Å²) < 4.78 is 1.26. The maximum atomic E-state index is 5.48. The highest BCUT2D eigenvalue weighted by Crippen LogP contribution is 2.26. The molecule has 2 rings (SSSR count). The van der Waals surface area contributed by atoms with E-state index in [4.69, 9.17) is 6.42 Å². The van der Waals surface area contributed by atoms with Crippen LogP contribution in [0.3, 0.4) is 0 Å². The number of aromatic nitrogens is 1. The number of para-hydroxylation sites is 1. The van der Waals surface area contributed by atoms with Crippen molar-refractivity contribution >= 4 is 21.6 Å². The molecule has 0 saturated carbocycles. The van der Waals surface area contributed by atoms with E-state index in [9.17, 15) is 0 Å². The molecule has 2 heteroatoms. The van der Waals surface area contributed by atoms with Crippen molar-refractivity contribution in [2.24, 2.45) is 5.41 Å². The summed E-state index contributed by atoms with van der Waals surface area (Å²) in [5.41, 5.74) is 1.07. The van der Waals surface area contributed by atoms with Crippen LogP contribution >= 0.6 is 11.3 Å². The molecule has 16 heavy (non-hydrogen) atoms. The quantitative estimate of drug-likeness (QED) is 0.728. The van der Waals surface area contributed by atoms with Gasteiger partial charge in [-0.15, -0.1) is 23.7 Å². The highest BCUT2D eigenvalue weighted by atomic mass is 32.1. The Labute approximate surface area is 101 Å². The average molecular weight is 229 g/mol. The van der Waals surface area contributed by atoms with Crippen molar-refractivity contribution in [3.63, 3.8) is 0 Å². The third kappa shape index (κ3) is 2.43. The van der Waals surface area contributed by atoms with E-state index in [2.05, 4.69) is 43.0 Å². The zero-order valence-corrected chi connectivity index (χ0v) is 10.5. The highest BCUT2D eigenvalue weighted by molar-refractivity contribution is 7.18. The summed E-state index contributed by atoms with van der Waals surface area (Å²) in [6.45, 7) is 4.20. The molecule has 0 aliphatic carbocycles. The average Bonchev–Trinajstić information content (AvgIpc) is 2.69. The van der Waals surface area contributed by atoms with E-state index in [0.29, 0.717) is 0 Å². The van der Waals surface area contributed by atoms with Crippen LogP contribution in [-0.2, 0) is 6.42 Å². The highest BCUT2D eigenvalue weighted by Gasteiger charge is 2.15. The minimum Gasteiger partial charge on any atom is -0.241 e. The number of thiazole rings is 1. The van der Waals surface area contributed by atoms with Crippen molar-refractivity contribution < 1.29 is 0 Å². The van der Waals surface area contributed by atoms with Gasteiger partial charge in [0.2, 0.25) is 0 Å². The Morgan fingerprint density at radius 2 is 2.12 bits per heavy atom. The minimum absolute atomic E-state index is 0.0299. The lowest BCUT2D eigenvalue weighted by Crippen LogP contribution is -2.08. The maximum absolute atomic E-state index is 5.48. The van der Waals surface area contributed by atoms with Crippen LogP contribution in [-0.4, -0.2) is 4.98 Å². The standard InChI is InChI=1S/C14H15NS/c1-4-14(2,3)10-9-13-15-11-7-5-6-8-12(11)16-13/h1,5-8H,9-10H2,2-3H3. The zero-order chi connectivity index (χ0) is 11.6. The first-order chi connectivity index (χ1) is 7.61. The van der Waals surface area contributed by atoms with Crippen molar-refractivity contribution in [1.29, 1.82) is 0 Å². The third-order valence-corrected chi connectivity index (χ3v) is 3.79. The molecule has 1 nitrogen and oxygen atoms in total. The van der Waals surface area contributed by atoms with Gasteiger partial charge >= 0.3 is 0 Å². The van der Waals surface area contributed by atoms with E-state index >= 15 is 0 Å². The van der Waals surface area contributed by atoms with Crippen LogP contribution in [0.5, 0.6) is 0 Å². The zero-order valence-electron chi connectivity index (χ0n) is 9.66. The topological polar surface area (TPSA) is 12.9 Å². The Morgan fingerprint density at radius 1 is 1.38 bits per heavy atom. The van der Waals surface area contributed by atoms with Crippen LogP contribution in [0.15, 0.2) is 24.3 Å². The molecule has 0 aliphatic rings. The molecule has 0 saturated heterocycles. The van der Waals surface area contributed by atoms with Gasteiger partial charge in [-0.3, -0.25) is 0 Å². The molecule has 0 spiro atoms. The second kappa shape index (κ2) is 4.27. The van der Waals surface area contributed by atoms with Crippen molar-refractivity contribution in [3.8, 4) is 12.3 Å². The fraction of sp³-hybridized carbons (Fsp3) is 0.357. The van der Waals surface area contributed by atoms with E-state index in [-0.39, 0.29) is 5.41 Å².